The summed E-state index contributed by atoms with van der Waals surface area (Å²) < 4.78 is 0. The van der Waals surface area contributed by atoms with E-state index in [1.165, 1.54) is 12.8 Å². The molecule has 1 N–H and O–H groups in total. The van der Waals surface area contributed by atoms with Crippen molar-refractivity contribution in [1.82, 2.24) is 4.90 Å². The highest BCUT2D eigenvalue weighted by atomic mass is 16.3. The highest BCUT2D eigenvalue weighted by Crippen LogP contribution is 2.07. The molecule has 2 nitrogen and oxygen atoms in total. The van der Waals surface area contributed by atoms with Crippen LogP contribution in [0, 0.1) is 0 Å². The van der Waals surface area contributed by atoms with E-state index in [9.17, 15) is 0 Å². The number of nitrogens with zero attached hydrogens (tertiary/aromatic N) is 1. The van der Waals surface area contributed by atoms with Gasteiger partial charge in [-0.15, -0.1) is 0 Å². The van der Waals surface area contributed by atoms with E-state index in [-0.39, 0.29) is 0 Å². The lowest BCUT2D eigenvalue weighted by Gasteiger charge is -2.25. The van der Waals surface area contributed by atoms with Gasteiger partial charge < -0.3 is 10.0 Å². The minimum absolute atomic E-state index is 0.314. The van der Waals surface area contributed by atoms with Crippen molar-refractivity contribution in [2.75, 3.05) is 20.2 Å². The van der Waals surface area contributed by atoms with Crippen LogP contribution in [0.2, 0.25) is 0 Å². The average Bonchev–Trinajstić information content (AvgIpc) is 2.03. The summed E-state index contributed by atoms with van der Waals surface area (Å²) >= 11 is 0. The molecule has 0 aliphatic rings. The molecule has 0 aromatic carbocycles. The van der Waals surface area contributed by atoms with Gasteiger partial charge in [-0.25, -0.2) is 0 Å². The molecule has 0 bridgehead atoms. The molecule has 0 spiro atoms. The van der Waals surface area contributed by atoms with Gasteiger partial charge in [0.2, 0.25) is 0 Å². The minimum Gasteiger partial charge on any atom is -0.396 e. The smallest absolute Gasteiger partial charge is 0.0445 e. The topological polar surface area (TPSA) is 23.5 Å². The minimum atomic E-state index is 0.314. The van der Waals surface area contributed by atoms with Crippen molar-refractivity contribution in [3.63, 3.8) is 0 Å². The molecule has 0 aliphatic carbocycles. The van der Waals surface area contributed by atoms with Crippen molar-refractivity contribution in [2.24, 2.45) is 0 Å². The molecule has 0 aliphatic heterocycles. The lowest BCUT2D eigenvalue weighted by molar-refractivity contribution is 0.182. The normalized spacial score (nSPS) is 13.9. The Morgan fingerprint density at radius 2 is 1.91 bits per heavy atom. The maximum absolute atomic E-state index is 8.78. The quantitative estimate of drug-likeness (QED) is 0.634. The summed E-state index contributed by atoms with van der Waals surface area (Å²) in [6, 6.07) is 0.579. The highest BCUT2D eigenvalue weighted by molar-refractivity contribution is 4.66. The predicted molar refractivity (Wildman–Crippen MR) is 48.7 cm³/mol. The Labute approximate surface area is 70.2 Å². The van der Waals surface area contributed by atoms with Gasteiger partial charge in [0, 0.05) is 12.6 Å². The van der Waals surface area contributed by atoms with Crippen LogP contribution in [-0.4, -0.2) is 36.2 Å². The first-order chi connectivity index (χ1) is 5.26. The zero-order valence-electron chi connectivity index (χ0n) is 8.01. The molecule has 0 heterocycles. The van der Waals surface area contributed by atoms with Gasteiger partial charge >= 0.3 is 0 Å². The Morgan fingerprint density at radius 1 is 1.27 bits per heavy atom. The first-order valence-corrected chi connectivity index (χ1v) is 4.57. The number of aliphatic hydroxyl groups excluding tert-OH is 1. The predicted octanol–water partition coefficient (Wildman–Crippen LogP) is 1.49. The van der Waals surface area contributed by atoms with Gasteiger partial charge in [0.1, 0.15) is 0 Å². The fourth-order valence-corrected chi connectivity index (χ4v) is 1.33. The summed E-state index contributed by atoms with van der Waals surface area (Å²) in [7, 11) is 2.12. The Morgan fingerprint density at radius 3 is 2.27 bits per heavy atom. The lowest BCUT2D eigenvalue weighted by Crippen LogP contribution is -2.32. The first-order valence-electron chi connectivity index (χ1n) is 4.57. The molecule has 1 atom stereocenters. The molecule has 0 saturated heterocycles. The third kappa shape index (κ3) is 4.38. The highest BCUT2D eigenvalue weighted by Gasteiger charge is 2.10. The number of rotatable bonds is 6. The van der Waals surface area contributed by atoms with Crippen LogP contribution in [-0.2, 0) is 0 Å². The van der Waals surface area contributed by atoms with Crippen molar-refractivity contribution in [3.05, 3.63) is 0 Å². The second-order valence-electron chi connectivity index (χ2n) is 3.03. The van der Waals surface area contributed by atoms with Crippen LogP contribution in [0.5, 0.6) is 0 Å². The van der Waals surface area contributed by atoms with Gasteiger partial charge in [-0.3, -0.25) is 0 Å². The van der Waals surface area contributed by atoms with E-state index in [2.05, 4.69) is 25.8 Å². The van der Waals surface area contributed by atoms with E-state index >= 15 is 0 Å². The largest absolute Gasteiger partial charge is 0.396 e. The molecule has 0 rings (SSSR count). The SMILES string of the molecule is CCCC(CCO)N(C)CC. The van der Waals surface area contributed by atoms with Crippen LogP contribution in [0.15, 0.2) is 0 Å². The lowest BCUT2D eigenvalue weighted by atomic mass is 10.1. The van der Waals surface area contributed by atoms with Gasteiger partial charge in [0.05, 0.1) is 0 Å². The molecule has 0 aromatic heterocycles. The van der Waals surface area contributed by atoms with E-state index in [0.29, 0.717) is 12.6 Å². The van der Waals surface area contributed by atoms with E-state index < -0.39 is 0 Å². The molecule has 2 heteroatoms. The summed E-state index contributed by atoms with van der Waals surface area (Å²) in [5.41, 5.74) is 0. The third-order valence-electron chi connectivity index (χ3n) is 2.21. The molecular formula is C9H21NO. The Bertz CT molecular complexity index is 79.6. The van der Waals surface area contributed by atoms with Crippen LogP contribution in [0.1, 0.15) is 33.1 Å². The summed E-state index contributed by atoms with van der Waals surface area (Å²) in [6.45, 7) is 5.73. The monoisotopic (exact) mass is 159 g/mol. The summed E-state index contributed by atoms with van der Waals surface area (Å²) in [5.74, 6) is 0. The number of hydrogen-bond acceptors (Lipinski definition) is 2. The molecule has 0 saturated carbocycles. The Balaban J connectivity index is 3.66. The van der Waals surface area contributed by atoms with Crippen LogP contribution >= 0.6 is 0 Å². The zero-order chi connectivity index (χ0) is 8.69. The third-order valence-corrected chi connectivity index (χ3v) is 2.21. The molecule has 0 amide bonds. The van der Waals surface area contributed by atoms with Crippen LogP contribution in [0.25, 0.3) is 0 Å². The summed E-state index contributed by atoms with van der Waals surface area (Å²) in [4.78, 5) is 2.31. The maximum Gasteiger partial charge on any atom is 0.0445 e. The number of hydrogen-bond donors (Lipinski definition) is 1. The molecule has 68 valence electrons. The second kappa shape index (κ2) is 6.62. The average molecular weight is 159 g/mol. The molecule has 0 radical (unpaired) electrons. The van der Waals surface area contributed by atoms with E-state index in [4.69, 9.17) is 5.11 Å². The van der Waals surface area contributed by atoms with Crippen LogP contribution in [0.4, 0.5) is 0 Å². The molecular weight excluding hydrogens is 138 g/mol. The van der Waals surface area contributed by atoms with Crippen molar-refractivity contribution >= 4 is 0 Å². The van der Waals surface area contributed by atoms with Gasteiger partial charge in [-0.1, -0.05) is 20.3 Å². The molecule has 0 aromatic rings. The second-order valence-corrected chi connectivity index (χ2v) is 3.03. The van der Waals surface area contributed by atoms with Crippen molar-refractivity contribution in [1.29, 1.82) is 0 Å². The molecule has 11 heavy (non-hydrogen) atoms. The van der Waals surface area contributed by atoms with Gasteiger partial charge in [0.25, 0.3) is 0 Å². The van der Waals surface area contributed by atoms with Crippen molar-refractivity contribution < 1.29 is 5.11 Å². The maximum atomic E-state index is 8.78. The summed E-state index contributed by atoms with van der Waals surface area (Å²) in [5, 5.41) is 8.78. The molecule has 0 fully saturated rings. The van der Waals surface area contributed by atoms with Gasteiger partial charge in [-0.05, 0) is 26.4 Å². The van der Waals surface area contributed by atoms with Crippen molar-refractivity contribution in [3.8, 4) is 0 Å². The first kappa shape index (κ1) is 10.9. The van der Waals surface area contributed by atoms with E-state index in [0.717, 1.165) is 13.0 Å². The van der Waals surface area contributed by atoms with E-state index in [1.807, 2.05) is 0 Å². The number of aliphatic hydroxyl groups is 1. The fraction of sp³-hybridized carbons (Fsp3) is 1.00. The van der Waals surface area contributed by atoms with Crippen molar-refractivity contribution in [2.45, 2.75) is 39.2 Å². The van der Waals surface area contributed by atoms with Crippen LogP contribution in [0.3, 0.4) is 0 Å². The summed E-state index contributed by atoms with van der Waals surface area (Å²) in [6.07, 6.45) is 3.32. The Hall–Kier alpha value is -0.0800. The van der Waals surface area contributed by atoms with Crippen LogP contribution < -0.4 is 0 Å². The standard InChI is InChI=1S/C9H21NO/c1-4-6-9(7-8-11)10(3)5-2/h9,11H,4-8H2,1-3H3. The fourth-order valence-electron chi connectivity index (χ4n) is 1.33. The van der Waals surface area contributed by atoms with Gasteiger partial charge in [-0.2, -0.15) is 0 Å². The molecule has 1 unspecified atom stereocenters. The van der Waals surface area contributed by atoms with E-state index in [1.54, 1.807) is 0 Å². The van der Waals surface area contributed by atoms with Gasteiger partial charge in [0.15, 0.2) is 0 Å². The zero-order valence-corrected chi connectivity index (χ0v) is 8.01. The Kier molecular flexibility index (Phi) is 6.57.